The second-order valence-corrected chi connectivity index (χ2v) is 21.4. The van der Waals surface area contributed by atoms with E-state index in [4.69, 9.17) is 0 Å². The fourth-order valence-corrected chi connectivity index (χ4v) is 15.3. The monoisotopic (exact) mass is 692 g/mol. The number of carboxylic acids is 1. The predicted molar refractivity (Wildman–Crippen MR) is 199 cm³/mol. The molecule has 0 aromatic heterocycles. The number of carbonyl (C=O) groups is 1. The van der Waals surface area contributed by atoms with Gasteiger partial charge in [-0.15, -0.1) is 0 Å². The van der Waals surface area contributed by atoms with Crippen molar-refractivity contribution in [3.05, 3.63) is 41.5 Å². The van der Waals surface area contributed by atoms with Gasteiger partial charge in [0.2, 0.25) is 0 Å². The number of benzene rings is 1. The summed E-state index contributed by atoms with van der Waals surface area (Å²) in [6.45, 7) is 21.3. The zero-order valence-electron chi connectivity index (χ0n) is 31.5. The van der Waals surface area contributed by atoms with Gasteiger partial charge in [0.15, 0.2) is 9.84 Å². The first kappa shape index (κ1) is 35.7. The number of rotatable bonds is 7. The van der Waals surface area contributed by atoms with Gasteiger partial charge in [0.05, 0.1) is 17.1 Å². The van der Waals surface area contributed by atoms with E-state index >= 15 is 0 Å². The van der Waals surface area contributed by atoms with Crippen molar-refractivity contribution in [1.29, 1.82) is 0 Å². The van der Waals surface area contributed by atoms with E-state index in [1.54, 1.807) is 12.1 Å². The molecule has 2 N–H and O–H groups in total. The van der Waals surface area contributed by atoms with E-state index in [-0.39, 0.29) is 16.4 Å². The highest BCUT2D eigenvalue weighted by Gasteiger charge is 2.70. The first-order chi connectivity index (χ1) is 23.0. The summed E-state index contributed by atoms with van der Waals surface area (Å²) in [5.41, 5.74) is 4.05. The largest absolute Gasteiger partial charge is 0.478 e. The molecule has 7 heteroatoms. The summed E-state index contributed by atoms with van der Waals surface area (Å²) in [6.07, 6.45) is 14.1. The van der Waals surface area contributed by atoms with Gasteiger partial charge in [-0.2, -0.15) is 0 Å². The van der Waals surface area contributed by atoms with Crippen molar-refractivity contribution in [2.45, 2.75) is 112 Å². The minimum absolute atomic E-state index is 0.0230. The Morgan fingerprint density at radius 1 is 0.898 bits per heavy atom. The van der Waals surface area contributed by atoms with Crippen LogP contribution in [0.4, 0.5) is 0 Å². The number of nitrogens with zero attached hydrogens (tertiary/aromatic N) is 1. The Bertz CT molecular complexity index is 1570. The van der Waals surface area contributed by atoms with Crippen molar-refractivity contribution >= 4 is 21.4 Å². The van der Waals surface area contributed by atoms with E-state index < -0.39 is 15.8 Å². The average molecular weight is 693 g/mol. The summed E-state index contributed by atoms with van der Waals surface area (Å²) in [5, 5.41) is 13.7. The number of allylic oxidation sites excluding steroid dienone is 2. The molecule has 5 fully saturated rings. The maximum Gasteiger partial charge on any atom is 0.335 e. The summed E-state index contributed by atoms with van der Waals surface area (Å²) in [4.78, 5) is 13.9. The molecule has 0 radical (unpaired) electrons. The SMILES string of the molecule is CC(C)[C@@H]1CC[C@]2(NCCN3CCS(=O)(=O)CC3)CC[C@]3(C)[C@H](CCC4[C@@]5(C)CC=C(c6ccc(C(=O)O)cc6)C(C)(C)C5CC[C@]43C)C12. The second kappa shape index (κ2) is 12.2. The highest BCUT2D eigenvalue weighted by Crippen LogP contribution is 2.76. The molecule has 1 aliphatic heterocycles. The van der Waals surface area contributed by atoms with Crippen LogP contribution >= 0.6 is 0 Å². The van der Waals surface area contributed by atoms with Crippen molar-refractivity contribution in [3.8, 4) is 0 Å². The van der Waals surface area contributed by atoms with E-state index in [1.165, 1.54) is 62.5 Å². The Morgan fingerprint density at radius 3 is 2.24 bits per heavy atom. The molecule has 1 aromatic rings. The average Bonchev–Trinajstić information content (AvgIpc) is 3.42. The molecule has 49 heavy (non-hydrogen) atoms. The van der Waals surface area contributed by atoms with Crippen LogP contribution in [0, 0.1) is 57.2 Å². The van der Waals surface area contributed by atoms with Crippen LogP contribution in [-0.2, 0) is 9.84 Å². The van der Waals surface area contributed by atoms with Crippen LogP contribution in [0.15, 0.2) is 30.3 Å². The third kappa shape index (κ3) is 5.52. The molecule has 0 bridgehead atoms. The van der Waals surface area contributed by atoms with Crippen LogP contribution in [0.5, 0.6) is 0 Å². The van der Waals surface area contributed by atoms with E-state index in [0.717, 1.165) is 31.3 Å². The highest BCUT2D eigenvalue weighted by atomic mass is 32.2. The van der Waals surface area contributed by atoms with E-state index in [1.807, 2.05) is 12.1 Å². The van der Waals surface area contributed by atoms with Crippen molar-refractivity contribution < 1.29 is 18.3 Å². The van der Waals surface area contributed by atoms with Gasteiger partial charge in [-0.25, -0.2) is 13.2 Å². The number of hydrogen-bond donors (Lipinski definition) is 2. The first-order valence-electron chi connectivity index (χ1n) is 19.7. The third-order valence-electron chi connectivity index (χ3n) is 16.7. The van der Waals surface area contributed by atoms with Gasteiger partial charge >= 0.3 is 5.97 Å². The van der Waals surface area contributed by atoms with Crippen molar-refractivity contribution in [2.75, 3.05) is 37.7 Å². The number of sulfone groups is 1. The fourth-order valence-electron chi connectivity index (χ4n) is 14.0. The summed E-state index contributed by atoms with van der Waals surface area (Å²) >= 11 is 0. The van der Waals surface area contributed by atoms with E-state index in [0.29, 0.717) is 64.7 Å². The van der Waals surface area contributed by atoms with Crippen LogP contribution in [0.1, 0.15) is 122 Å². The standard InChI is InChI=1S/C42H64N2O4S/c1-28(2)31-14-19-42(43-22-23-44-24-26-49(47,48)27-25-44)21-20-40(6)33(36(31)42)12-13-35-39(5)17-15-32(29-8-10-30(11-9-29)37(45)46)38(3,4)34(39)16-18-41(35,40)7/h8-11,15,28,31,33-36,43H,12-14,16-27H2,1-7H3,(H,45,46)/t31-,33+,34?,35?,36?,39-,40+,41+,42-/m0/s1. The van der Waals surface area contributed by atoms with Crippen molar-refractivity contribution in [1.82, 2.24) is 10.2 Å². The zero-order chi connectivity index (χ0) is 35.2. The number of aromatic carboxylic acids is 1. The molecule has 272 valence electrons. The topological polar surface area (TPSA) is 86.7 Å². The minimum atomic E-state index is -2.85. The van der Waals surface area contributed by atoms with Crippen LogP contribution in [0.25, 0.3) is 5.57 Å². The quantitative estimate of drug-likeness (QED) is 0.300. The van der Waals surface area contributed by atoms with Crippen molar-refractivity contribution in [3.63, 3.8) is 0 Å². The lowest BCUT2D eigenvalue weighted by molar-refractivity contribution is -0.221. The second-order valence-electron chi connectivity index (χ2n) is 19.1. The molecule has 1 aromatic carbocycles. The molecule has 0 amide bonds. The molecular formula is C42H64N2O4S. The smallest absolute Gasteiger partial charge is 0.335 e. The highest BCUT2D eigenvalue weighted by molar-refractivity contribution is 7.91. The summed E-state index contributed by atoms with van der Waals surface area (Å²) in [5.74, 6) is 3.94. The Balaban J connectivity index is 1.14. The third-order valence-corrected chi connectivity index (χ3v) is 18.3. The van der Waals surface area contributed by atoms with Crippen LogP contribution < -0.4 is 5.32 Å². The van der Waals surface area contributed by atoms with Gasteiger partial charge in [-0.1, -0.05) is 66.7 Å². The van der Waals surface area contributed by atoms with Crippen molar-refractivity contribution in [2.24, 2.45) is 57.2 Å². The van der Waals surface area contributed by atoms with Gasteiger partial charge in [0.1, 0.15) is 0 Å². The Morgan fingerprint density at radius 2 is 1.59 bits per heavy atom. The predicted octanol–water partition coefficient (Wildman–Crippen LogP) is 8.19. The normalized spacial score (nSPS) is 42.8. The molecule has 6 aliphatic rings. The molecule has 3 unspecified atom stereocenters. The molecule has 6 nitrogen and oxygen atoms in total. The van der Waals surface area contributed by atoms with Crippen LogP contribution in [0.3, 0.4) is 0 Å². The zero-order valence-corrected chi connectivity index (χ0v) is 32.3. The van der Waals surface area contributed by atoms with Gasteiger partial charge in [-0.3, -0.25) is 0 Å². The number of fused-ring (bicyclic) bond motifs is 7. The first-order valence-corrected chi connectivity index (χ1v) is 21.5. The maximum atomic E-state index is 12.0. The molecular weight excluding hydrogens is 629 g/mol. The number of hydrogen-bond acceptors (Lipinski definition) is 5. The summed E-state index contributed by atoms with van der Waals surface area (Å²) in [7, 11) is -2.85. The Kier molecular flexibility index (Phi) is 8.88. The molecule has 7 rings (SSSR count). The summed E-state index contributed by atoms with van der Waals surface area (Å²) < 4.78 is 24.1. The Labute approximate surface area is 297 Å². The van der Waals surface area contributed by atoms with Gasteiger partial charge in [0.25, 0.3) is 0 Å². The van der Waals surface area contributed by atoms with Crippen LogP contribution in [0.2, 0.25) is 0 Å². The lowest BCUT2D eigenvalue weighted by atomic mass is 9.33. The molecule has 1 saturated heterocycles. The molecule has 0 spiro atoms. The molecule has 9 atom stereocenters. The van der Waals surface area contributed by atoms with E-state index in [2.05, 4.69) is 64.8 Å². The molecule has 1 heterocycles. The lowest BCUT2D eigenvalue weighted by Crippen LogP contribution is -2.68. The van der Waals surface area contributed by atoms with Gasteiger partial charge < -0.3 is 15.3 Å². The maximum absolute atomic E-state index is 12.0. The Hall–Kier alpha value is -1.70. The van der Waals surface area contributed by atoms with Crippen LogP contribution in [-0.4, -0.2) is 67.6 Å². The lowest BCUT2D eigenvalue weighted by Gasteiger charge is -2.72. The molecule has 5 aliphatic carbocycles. The summed E-state index contributed by atoms with van der Waals surface area (Å²) in [6, 6.07) is 7.61. The van der Waals surface area contributed by atoms with Gasteiger partial charge in [0, 0.05) is 31.7 Å². The van der Waals surface area contributed by atoms with E-state index in [9.17, 15) is 18.3 Å². The number of carboxylic acid groups (broad SMARTS) is 1. The fraction of sp³-hybridized carbons (Fsp3) is 0.786. The number of nitrogens with one attached hydrogen (secondary N) is 1. The van der Waals surface area contributed by atoms with Gasteiger partial charge in [-0.05, 0) is 138 Å². The molecule has 4 saturated carbocycles. The minimum Gasteiger partial charge on any atom is -0.478 e.